The molecule has 2 aromatic carbocycles. The fourth-order valence-electron chi connectivity index (χ4n) is 1.84. The van der Waals surface area contributed by atoms with Crippen LogP contribution >= 0.6 is 35.4 Å². The second kappa shape index (κ2) is 8.15. The Morgan fingerprint density at radius 1 is 1.17 bits per heavy atom. The predicted octanol–water partition coefficient (Wildman–Crippen LogP) is 4.71. The Bertz CT molecular complexity index is 750. The summed E-state index contributed by atoms with van der Waals surface area (Å²) in [7, 11) is 1.61. The van der Waals surface area contributed by atoms with Crippen molar-refractivity contribution in [2.24, 2.45) is 5.10 Å². The van der Waals surface area contributed by atoms with E-state index in [1.807, 2.05) is 37.3 Å². The van der Waals surface area contributed by atoms with Crippen molar-refractivity contribution < 1.29 is 4.74 Å². The minimum atomic E-state index is 0.364. The van der Waals surface area contributed by atoms with Crippen LogP contribution in [0.1, 0.15) is 12.5 Å². The van der Waals surface area contributed by atoms with Crippen LogP contribution in [0.5, 0.6) is 5.75 Å². The van der Waals surface area contributed by atoms with E-state index in [-0.39, 0.29) is 0 Å². The summed E-state index contributed by atoms with van der Waals surface area (Å²) in [6.45, 7) is 1.83. The molecule has 0 aliphatic rings. The predicted molar refractivity (Wildman–Crippen MR) is 101 cm³/mol. The Morgan fingerprint density at radius 3 is 2.65 bits per heavy atom. The third-order valence-electron chi connectivity index (χ3n) is 2.97. The summed E-state index contributed by atoms with van der Waals surface area (Å²) in [5.41, 5.74) is 5.07. The molecule has 0 atom stereocenters. The Hall–Kier alpha value is -1.82. The molecule has 4 nitrogen and oxygen atoms in total. The maximum atomic E-state index is 6.15. The number of hydrogen-bond donors (Lipinski definition) is 2. The van der Waals surface area contributed by atoms with Gasteiger partial charge in [-0.15, -0.1) is 0 Å². The molecule has 0 heterocycles. The topological polar surface area (TPSA) is 45.6 Å². The maximum Gasteiger partial charge on any atom is 0.191 e. The molecule has 2 N–H and O–H groups in total. The minimum absolute atomic E-state index is 0.364. The zero-order valence-electron chi connectivity index (χ0n) is 12.6. The number of methoxy groups -OCH3 is 1. The molecule has 0 aromatic heterocycles. The van der Waals surface area contributed by atoms with Crippen LogP contribution in [-0.2, 0) is 0 Å². The molecular formula is C16H15Cl2N3OS. The molecule has 0 aliphatic heterocycles. The van der Waals surface area contributed by atoms with Gasteiger partial charge in [-0.25, -0.2) is 0 Å². The highest BCUT2D eigenvalue weighted by molar-refractivity contribution is 7.80. The highest BCUT2D eigenvalue weighted by Crippen LogP contribution is 2.21. The Labute approximate surface area is 150 Å². The highest BCUT2D eigenvalue weighted by atomic mass is 35.5. The van der Waals surface area contributed by atoms with Crippen LogP contribution in [0.15, 0.2) is 47.6 Å². The summed E-state index contributed by atoms with van der Waals surface area (Å²) in [4.78, 5) is 0. The van der Waals surface area contributed by atoms with E-state index in [0.717, 1.165) is 17.0 Å². The molecule has 2 rings (SSSR count). The monoisotopic (exact) mass is 367 g/mol. The molecule has 0 unspecified atom stereocenters. The molecule has 23 heavy (non-hydrogen) atoms. The minimum Gasteiger partial charge on any atom is -0.497 e. The number of halogens is 2. The number of anilines is 1. The van der Waals surface area contributed by atoms with Gasteiger partial charge in [0.1, 0.15) is 5.75 Å². The number of ether oxygens (including phenoxy) is 1. The number of thiocarbonyl (C=S) groups is 1. The van der Waals surface area contributed by atoms with Gasteiger partial charge in [0.15, 0.2) is 5.11 Å². The molecular weight excluding hydrogens is 353 g/mol. The molecule has 0 bridgehead atoms. The average molecular weight is 368 g/mol. The van der Waals surface area contributed by atoms with Gasteiger partial charge in [-0.1, -0.05) is 35.3 Å². The van der Waals surface area contributed by atoms with Gasteiger partial charge in [0, 0.05) is 22.3 Å². The van der Waals surface area contributed by atoms with Gasteiger partial charge < -0.3 is 10.1 Å². The van der Waals surface area contributed by atoms with E-state index in [0.29, 0.717) is 20.9 Å². The lowest BCUT2D eigenvalue weighted by Gasteiger charge is -2.10. The van der Waals surface area contributed by atoms with Crippen molar-refractivity contribution in [3.8, 4) is 5.75 Å². The second-order valence-electron chi connectivity index (χ2n) is 4.62. The number of nitrogens with zero attached hydrogens (tertiary/aromatic N) is 1. The van der Waals surface area contributed by atoms with E-state index in [4.69, 9.17) is 40.2 Å². The lowest BCUT2D eigenvalue weighted by atomic mass is 10.1. The van der Waals surface area contributed by atoms with Crippen LogP contribution in [0.25, 0.3) is 0 Å². The summed E-state index contributed by atoms with van der Waals surface area (Å²) < 4.78 is 5.16. The number of rotatable bonds is 4. The lowest BCUT2D eigenvalue weighted by molar-refractivity contribution is 0.415. The van der Waals surface area contributed by atoms with Crippen LogP contribution in [0.4, 0.5) is 5.69 Å². The molecule has 0 saturated heterocycles. The summed E-state index contributed by atoms with van der Waals surface area (Å²) in [5, 5.41) is 8.73. The van der Waals surface area contributed by atoms with E-state index >= 15 is 0 Å². The summed E-state index contributed by atoms with van der Waals surface area (Å²) >= 11 is 17.2. The SMILES string of the molecule is COc1cccc(NC(=S)N/N=C(\C)c2ccc(Cl)cc2Cl)c1. The molecule has 0 fully saturated rings. The molecule has 2 aromatic rings. The van der Waals surface area contributed by atoms with Gasteiger partial charge in [-0.3, -0.25) is 5.43 Å². The van der Waals surface area contributed by atoms with Crippen molar-refractivity contribution in [2.45, 2.75) is 6.92 Å². The fourth-order valence-corrected chi connectivity index (χ4v) is 2.55. The smallest absolute Gasteiger partial charge is 0.191 e. The molecule has 0 spiro atoms. The van der Waals surface area contributed by atoms with Gasteiger partial charge in [0.2, 0.25) is 0 Å². The molecule has 0 aliphatic carbocycles. The van der Waals surface area contributed by atoms with Crippen molar-refractivity contribution in [1.82, 2.24) is 5.43 Å². The van der Waals surface area contributed by atoms with Crippen LogP contribution < -0.4 is 15.5 Å². The Kier molecular flexibility index (Phi) is 6.21. The first kappa shape index (κ1) is 17.5. The number of hydrogen-bond acceptors (Lipinski definition) is 3. The number of benzene rings is 2. The molecule has 0 saturated carbocycles. The van der Waals surface area contributed by atoms with Gasteiger partial charge in [-0.2, -0.15) is 5.10 Å². The van der Waals surface area contributed by atoms with Gasteiger partial charge in [0.25, 0.3) is 0 Å². The van der Waals surface area contributed by atoms with Gasteiger partial charge in [0.05, 0.1) is 17.8 Å². The molecule has 7 heteroatoms. The van der Waals surface area contributed by atoms with E-state index in [9.17, 15) is 0 Å². The molecule has 120 valence electrons. The fraction of sp³-hybridized carbons (Fsp3) is 0.125. The van der Waals surface area contributed by atoms with E-state index in [1.54, 1.807) is 19.2 Å². The van der Waals surface area contributed by atoms with Crippen molar-refractivity contribution in [3.63, 3.8) is 0 Å². The Balaban J connectivity index is 2.02. The van der Waals surface area contributed by atoms with Crippen molar-refractivity contribution >= 4 is 51.9 Å². The lowest BCUT2D eigenvalue weighted by Crippen LogP contribution is -2.25. The largest absolute Gasteiger partial charge is 0.497 e. The quantitative estimate of drug-likeness (QED) is 0.466. The maximum absolute atomic E-state index is 6.15. The average Bonchev–Trinajstić information content (AvgIpc) is 2.53. The Morgan fingerprint density at radius 2 is 1.96 bits per heavy atom. The van der Waals surface area contributed by atoms with Crippen LogP contribution in [0, 0.1) is 0 Å². The van der Waals surface area contributed by atoms with Crippen molar-refractivity contribution in [1.29, 1.82) is 0 Å². The summed E-state index contributed by atoms with van der Waals surface area (Å²) in [5.74, 6) is 0.741. The zero-order valence-corrected chi connectivity index (χ0v) is 14.9. The first-order chi connectivity index (χ1) is 11.0. The van der Waals surface area contributed by atoms with Gasteiger partial charge in [-0.05, 0) is 43.4 Å². The number of hydrazone groups is 1. The third kappa shape index (κ3) is 5.10. The van der Waals surface area contributed by atoms with Crippen molar-refractivity contribution in [3.05, 3.63) is 58.1 Å². The van der Waals surface area contributed by atoms with Crippen molar-refractivity contribution in [2.75, 3.05) is 12.4 Å². The molecule has 0 radical (unpaired) electrons. The molecule has 0 amide bonds. The number of nitrogens with one attached hydrogen (secondary N) is 2. The normalized spacial score (nSPS) is 11.0. The van der Waals surface area contributed by atoms with Crippen LogP contribution in [-0.4, -0.2) is 17.9 Å². The second-order valence-corrected chi connectivity index (χ2v) is 5.87. The van der Waals surface area contributed by atoms with Crippen LogP contribution in [0.2, 0.25) is 10.0 Å². The van der Waals surface area contributed by atoms with E-state index in [1.165, 1.54) is 0 Å². The van der Waals surface area contributed by atoms with Gasteiger partial charge >= 0.3 is 0 Å². The summed E-state index contributed by atoms with van der Waals surface area (Å²) in [6.07, 6.45) is 0. The first-order valence-electron chi connectivity index (χ1n) is 6.70. The highest BCUT2D eigenvalue weighted by Gasteiger charge is 2.05. The van der Waals surface area contributed by atoms with E-state index < -0.39 is 0 Å². The third-order valence-corrected chi connectivity index (χ3v) is 3.71. The van der Waals surface area contributed by atoms with E-state index in [2.05, 4.69) is 15.8 Å². The first-order valence-corrected chi connectivity index (χ1v) is 7.87. The summed E-state index contributed by atoms with van der Waals surface area (Å²) in [6, 6.07) is 12.7. The zero-order chi connectivity index (χ0) is 16.8. The standard InChI is InChI=1S/C16H15Cl2N3OS/c1-10(14-7-6-11(17)8-15(14)18)20-21-16(23)19-12-4-3-5-13(9-12)22-2/h3-9H,1-2H3,(H2,19,21,23)/b20-10+. The van der Waals surface area contributed by atoms with Crippen LogP contribution in [0.3, 0.4) is 0 Å².